The summed E-state index contributed by atoms with van der Waals surface area (Å²) in [4.78, 5) is 54.8. The molecule has 2 aromatic carbocycles. The molecule has 0 spiro atoms. The maximum Gasteiger partial charge on any atom is 0.408 e. The summed E-state index contributed by atoms with van der Waals surface area (Å²) >= 11 is 0. The average molecular weight is 794 g/mol. The van der Waals surface area contributed by atoms with Crippen molar-refractivity contribution in [3.63, 3.8) is 0 Å². The van der Waals surface area contributed by atoms with Crippen molar-refractivity contribution >= 4 is 23.8 Å². The minimum atomic E-state index is -2.11. The van der Waals surface area contributed by atoms with E-state index in [-0.39, 0.29) is 37.2 Å². The number of alkyl carbamates (subject to hydrolysis) is 1. The first-order valence-electron chi connectivity index (χ1n) is 19.3. The van der Waals surface area contributed by atoms with Crippen LogP contribution in [-0.4, -0.2) is 104 Å². The molecular weight excluding hydrogens is 738 g/mol. The number of hydrogen-bond acceptors (Lipinski definition) is 13. The van der Waals surface area contributed by atoms with Gasteiger partial charge in [0.15, 0.2) is 17.5 Å². The number of fused-ring (bicyclic) bond motifs is 5. The fraction of sp³-hybridized carbons (Fsp3) is 0.581. The number of carbonyl (C=O) groups is 4. The third-order valence-corrected chi connectivity index (χ3v) is 12.6. The molecule has 0 radical (unpaired) electrons. The highest BCUT2D eigenvalue weighted by molar-refractivity contribution is 5.93. The summed E-state index contributed by atoms with van der Waals surface area (Å²) < 4.78 is 30.1. The lowest BCUT2D eigenvalue weighted by Crippen LogP contribution is -2.81. The van der Waals surface area contributed by atoms with Gasteiger partial charge in [0, 0.05) is 31.1 Å². The van der Waals surface area contributed by atoms with Crippen LogP contribution in [0.15, 0.2) is 71.8 Å². The first-order valence-corrected chi connectivity index (χ1v) is 19.3. The predicted octanol–water partition coefficient (Wildman–Crippen LogP) is 3.62. The first kappa shape index (κ1) is 42.4. The lowest BCUT2D eigenvalue weighted by molar-refractivity contribution is -0.351. The second-order valence-electron chi connectivity index (χ2n) is 17.6. The number of ether oxygens (including phenoxy) is 5. The number of Topliss-reactive ketones (excluding diaryl/α,β-unsaturated/α-hetero) is 1. The minimum Gasteiger partial charge on any atom is -0.456 e. The van der Waals surface area contributed by atoms with Gasteiger partial charge >= 0.3 is 18.0 Å². The Hall–Kier alpha value is -4.18. The number of nitrogens with one attached hydrogen (secondary N) is 1. The maximum absolute atomic E-state index is 14.9. The first-order chi connectivity index (χ1) is 26.6. The Morgan fingerprint density at radius 2 is 1.61 bits per heavy atom. The Labute approximate surface area is 332 Å². The van der Waals surface area contributed by atoms with E-state index in [1.54, 1.807) is 71.9 Å². The molecule has 0 aromatic heterocycles. The Kier molecular flexibility index (Phi) is 11.3. The van der Waals surface area contributed by atoms with Gasteiger partial charge in [-0.1, -0.05) is 74.5 Å². The second kappa shape index (κ2) is 15.2. The van der Waals surface area contributed by atoms with Crippen LogP contribution in [0.4, 0.5) is 4.79 Å². The second-order valence-corrected chi connectivity index (χ2v) is 17.6. The molecule has 1 amide bonds. The molecule has 5 N–H and O–H groups in total. The van der Waals surface area contributed by atoms with Crippen LogP contribution in [0.5, 0.6) is 0 Å². The third kappa shape index (κ3) is 7.29. The highest BCUT2D eigenvalue weighted by Gasteiger charge is 2.77. The largest absolute Gasteiger partial charge is 0.456 e. The van der Waals surface area contributed by atoms with Gasteiger partial charge in [-0.2, -0.15) is 0 Å². The normalized spacial score (nSPS) is 34.2. The zero-order chi connectivity index (χ0) is 41.9. The highest BCUT2D eigenvalue weighted by atomic mass is 16.6. The van der Waals surface area contributed by atoms with E-state index in [2.05, 4.69) is 5.32 Å². The van der Waals surface area contributed by atoms with Gasteiger partial charge in [0.1, 0.15) is 29.5 Å². The molecule has 2 aromatic rings. The molecule has 3 unspecified atom stereocenters. The van der Waals surface area contributed by atoms with Gasteiger partial charge in [-0.15, -0.1) is 0 Å². The molecule has 6 rings (SSSR count). The van der Waals surface area contributed by atoms with Crippen molar-refractivity contribution in [1.82, 2.24) is 5.32 Å². The van der Waals surface area contributed by atoms with Gasteiger partial charge in [-0.3, -0.25) is 9.59 Å². The number of carbonyl (C=O) groups excluding carboxylic acids is 4. The van der Waals surface area contributed by atoms with Gasteiger partial charge in [0.05, 0.1) is 36.9 Å². The maximum atomic E-state index is 14.9. The molecule has 310 valence electrons. The quantitative estimate of drug-likeness (QED) is 0.140. The van der Waals surface area contributed by atoms with Crippen molar-refractivity contribution in [2.45, 2.75) is 134 Å². The zero-order valence-electron chi connectivity index (χ0n) is 33.7. The fourth-order valence-electron chi connectivity index (χ4n) is 9.63. The van der Waals surface area contributed by atoms with Crippen molar-refractivity contribution in [1.29, 1.82) is 0 Å². The Morgan fingerprint density at radius 3 is 2.18 bits per heavy atom. The topological polar surface area (TPSA) is 207 Å². The van der Waals surface area contributed by atoms with Gasteiger partial charge < -0.3 is 49.4 Å². The van der Waals surface area contributed by atoms with E-state index in [0.29, 0.717) is 11.1 Å². The summed E-state index contributed by atoms with van der Waals surface area (Å²) in [6.45, 7) is 12.3. The standard InChI is InChI=1S/C43H55NO13/c1-23-27(55-37(50)33(48)31(26-17-13-10-14-18-26)44-38(51)57-39(3,4)5)20-43(52)36(53-21-25-15-11-9-12-16-25)34-41(8,35(49)32(47)30(23)40(43,6)7)28(46)19-29-42(34,22-54-29)56-24(2)45/h9-18,27-29,31-34,36,46-48,52H,19-22H2,1-8H3,(H,44,51)/t27-,28+,29?,31-,32+,33+,34?,36?,41+,42-,43+/m0/s1. The summed E-state index contributed by atoms with van der Waals surface area (Å²) in [6, 6.07) is 16.0. The molecule has 57 heavy (non-hydrogen) atoms. The van der Waals surface area contributed by atoms with Crippen LogP contribution in [0, 0.1) is 16.7 Å². The highest BCUT2D eigenvalue weighted by Crippen LogP contribution is 2.64. The monoisotopic (exact) mass is 793 g/mol. The molecule has 2 bridgehead atoms. The van der Waals surface area contributed by atoms with E-state index in [4.69, 9.17) is 23.7 Å². The third-order valence-electron chi connectivity index (χ3n) is 12.6. The van der Waals surface area contributed by atoms with Crippen LogP contribution < -0.4 is 5.32 Å². The summed E-state index contributed by atoms with van der Waals surface area (Å²) in [6.07, 6.45) is -10.3. The van der Waals surface area contributed by atoms with Crippen molar-refractivity contribution in [3.05, 3.63) is 82.9 Å². The van der Waals surface area contributed by atoms with Crippen LogP contribution in [0.3, 0.4) is 0 Å². The molecule has 1 aliphatic heterocycles. The molecule has 11 atom stereocenters. The van der Waals surface area contributed by atoms with E-state index >= 15 is 0 Å². The fourth-order valence-corrected chi connectivity index (χ4v) is 9.63. The molecule has 3 fully saturated rings. The number of amides is 1. The Balaban J connectivity index is 1.46. The minimum absolute atomic E-state index is 0.0498. The van der Waals surface area contributed by atoms with Gasteiger partial charge in [0.25, 0.3) is 0 Å². The van der Waals surface area contributed by atoms with Crippen LogP contribution >= 0.6 is 0 Å². The number of benzene rings is 2. The van der Waals surface area contributed by atoms with Crippen molar-refractivity contribution in [3.8, 4) is 0 Å². The summed E-state index contributed by atoms with van der Waals surface area (Å²) in [7, 11) is 0. The number of aliphatic hydroxyl groups excluding tert-OH is 3. The molecule has 14 nitrogen and oxygen atoms in total. The van der Waals surface area contributed by atoms with E-state index in [0.717, 1.165) is 0 Å². The summed E-state index contributed by atoms with van der Waals surface area (Å²) in [5, 5.41) is 51.7. The Bertz CT molecular complexity index is 1890. The van der Waals surface area contributed by atoms with Crippen LogP contribution in [0.1, 0.15) is 85.4 Å². The van der Waals surface area contributed by atoms with Crippen molar-refractivity contribution in [2.24, 2.45) is 16.7 Å². The number of rotatable bonds is 9. The van der Waals surface area contributed by atoms with E-state index in [1.165, 1.54) is 13.8 Å². The van der Waals surface area contributed by atoms with E-state index in [9.17, 15) is 39.6 Å². The van der Waals surface area contributed by atoms with Gasteiger partial charge in [0.2, 0.25) is 0 Å². The van der Waals surface area contributed by atoms with Crippen LogP contribution in [0.25, 0.3) is 0 Å². The number of esters is 2. The Morgan fingerprint density at radius 1 is 1.00 bits per heavy atom. The molecule has 3 aliphatic carbocycles. The average Bonchev–Trinajstić information content (AvgIpc) is 3.13. The number of hydrogen-bond donors (Lipinski definition) is 5. The predicted molar refractivity (Wildman–Crippen MR) is 203 cm³/mol. The van der Waals surface area contributed by atoms with Crippen LogP contribution in [-0.2, 0) is 44.7 Å². The molecular formula is C43H55NO13. The molecule has 2 saturated carbocycles. The summed E-state index contributed by atoms with van der Waals surface area (Å²) in [5.41, 5.74) is -6.50. The van der Waals surface area contributed by atoms with Crippen LogP contribution in [0.2, 0.25) is 0 Å². The number of ketones is 1. The number of aliphatic hydroxyl groups is 4. The SMILES string of the molecule is CC(=O)O[C@@]12COC1C[C@@H](O)[C@@]1(C)C(=O)[C@H](O)C3=C(C)[C@@H](OC(=O)[C@H](O)[C@@H](NC(=O)OC(C)(C)C)c4ccccc4)C[C@@](O)(C(OCc4ccccc4)C21)C3(C)C. The lowest BCUT2D eigenvalue weighted by Gasteiger charge is -2.67. The van der Waals surface area contributed by atoms with E-state index < -0.39 is 100 Å². The van der Waals surface area contributed by atoms with Gasteiger partial charge in [-0.25, -0.2) is 9.59 Å². The smallest absolute Gasteiger partial charge is 0.408 e. The molecule has 14 heteroatoms. The molecule has 1 heterocycles. The van der Waals surface area contributed by atoms with E-state index in [1.807, 2.05) is 30.3 Å². The van der Waals surface area contributed by atoms with Crippen molar-refractivity contribution in [2.75, 3.05) is 6.61 Å². The summed E-state index contributed by atoms with van der Waals surface area (Å²) in [5.74, 6) is -3.94. The van der Waals surface area contributed by atoms with Crippen molar-refractivity contribution < 1.29 is 63.3 Å². The molecule has 4 aliphatic rings. The lowest BCUT2D eigenvalue weighted by atomic mass is 9.44. The van der Waals surface area contributed by atoms with Gasteiger partial charge in [-0.05, 0) is 56.9 Å². The zero-order valence-corrected chi connectivity index (χ0v) is 33.7. The molecule has 1 saturated heterocycles.